The minimum absolute atomic E-state index is 0.123. The molecule has 0 bridgehead atoms. The average molecular weight is 441 g/mol. The molecule has 0 spiro atoms. The van der Waals surface area contributed by atoms with Crippen LogP contribution in [0.25, 0.3) is 10.9 Å². The summed E-state index contributed by atoms with van der Waals surface area (Å²) in [6.07, 6.45) is 4.37. The summed E-state index contributed by atoms with van der Waals surface area (Å²) in [6.45, 7) is 14.0. The summed E-state index contributed by atoms with van der Waals surface area (Å²) >= 11 is 0. The molecule has 0 unspecified atom stereocenters. The number of carbonyl (C=O) groups is 1. The van der Waals surface area contributed by atoms with E-state index in [1.165, 1.54) is 12.8 Å². The molecule has 0 atom stereocenters. The van der Waals surface area contributed by atoms with Crippen molar-refractivity contribution in [2.75, 3.05) is 5.32 Å². The summed E-state index contributed by atoms with van der Waals surface area (Å²) in [5.74, 6) is 1.000. The van der Waals surface area contributed by atoms with Crippen LogP contribution in [0.5, 0.6) is 0 Å². The Morgan fingerprint density at radius 2 is 1.67 bits per heavy atom. The molecule has 0 saturated heterocycles. The Morgan fingerprint density at radius 1 is 1.00 bits per heavy atom. The van der Waals surface area contributed by atoms with Crippen molar-refractivity contribution in [2.24, 2.45) is 0 Å². The lowest BCUT2D eigenvalue weighted by Crippen LogP contribution is -2.24. The van der Waals surface area contributed by atoms with Gasteiger partial charge in [0.15, 0.2) is 0 Å². The van der Waals surface area contributed by atoms with E-state index in [4.69, 9.17) is 4.98 Å². The first kappa shape index (κ1) is 23.9. The van der Waals surface area contributed by atoms with Crippen LogP contribution in [0.1, 0.15) is 62.5 Å². The van der Waals surface area contributed by atoms with Crippen molar-refractivity contribution in [1.82, 2.24) is 15.3 Å². The number of nitrogens with zero attached hydrogens (tertiary/aromatic N) is 2. The molecular weight excluding hydrogens is 408 g/mol. The molecule has 3 aromatic rings. The normalized spacial score (nSPS) is 13.0. The molecule has 1 amide bonds. The number of fused-ring (bicyclic) bond motifs is 1. The highest BCUT2D eigenvalue weighted by molar-refractivity contribution is 5.96. The van der Waals surface area contributed by atoms with Gasteiger partial charge in [0.05, 0.1) is 11.2 Å². The van der Waals surface area contributed by atoms with Crippen molar-refractivity contribution in [3.05, 3.63) is 95.9 Å². The Kier molecular flexibility index (Phi) is 7.78. The van der Waals surface area contributed by atoms with E-state index in [2.05, 4.69) is 34.8 Å². The average Bonchev–Trinajstić information content (AvgIpc) is 3.68. The fourth-order valence-electron chi connectivity index (χ4n) is 3.61. The predicted octanol–water partition coefficient (Wildman–Crippen LogP) is 7.04. The van der Waals surface area contributed by atoms with Crippen molar-refractivity contribution in [1.29, 1.82) is 0 Å². The first-order valence-electron chi connectivity index (χ1n) is 11.2. The van der Waals surface area contributed by atoms with Gasteiger partial charge in [-0.15, -0.1) is 13.2 Å². The standard InChI is InChI=1S/C26H28N4O.C2H4/c1-5-17(4)23(16(2)3)29-25(31)19-12-14-20(15-13-19)27-26-28-22-9-7-6-8-21(22)24(30-26)18-10-11-18;1-2/h5-9,12-15,18H,10-11H2,1-4H3,(H,29,31)(H,27,28,30);1-2H2/b17-5-;. The number of hydrogen-bond acceptors (Lipinski definition) is 4. The number of allylic oxidation sites excluding steroid dienone is 3. The molecule has 0 radical (unpaired) electrons. The van der Waals surface area contributed by atoms with Crippen LogP contribution in [-0.2, 0) is 0 Å². The first-order chi connectivity index (χ1) is 16.0. The number of anilines is 2. The molecule has 2 aromatic carbocycles. The van der Waals surface area contributed by atoms with Gasteiger partial charge in [-0.2, -0.15) is 0 Å². The largest absolute Gasteiger partial charge is 0.324 e. The van der Waals surface area contributed by atoms with Gasteiger partial charge >= 0.3 is 0 Å². The first-order valence-corrected chi connectivity index (χ1v) is 11.2. The molecule has 2 N–H and O–H groups in total. The van der Waals surface area contributed by atoms with Gasteiger partial charge in [0.25, 0.3) is 5.91 Å². The van der Waals surface area contributed by atoms with E-state index in [9.17, 15) is 4.79 Å². The zero-order chi connectivity index (χ0) is 24.0. The number of nitrogens with one attached hydrogen (secondary N) is 2. The Bertz CT molecular complexity index is 1200. The molecule has 1 aromatic heterocycles. The lowest BCUT2D eigenvalue weighted by atomic mass is 10.1. The molecule has 4 rings (SSSR count). The molecule has 170 valence electrons. The van der Waals surface area contributed by atoms with Crippen molar-refractivity contribution >= 4 is 28.4 Å². The second-order valence-electron chi connectivity index (χ2n) is 8.23. The third kappa shape index (κ3) is 5.75. The number of aromatic nitrogens is 2. The van der Waals surface area contributed by atoms with Gasteiger partial charge in [-0.3, -0.25) is 4.79 Å². The highest BCUT2D eigenvalue weighted by atomic mass is 16.1. The Hall–Kier alpha value is -3.73. The third-order valence-corrected chi connectivity index (χ3v) is 5.57. The molecule has 0 aliphatic heterocycles. The quantitative estimate of drug-likeness (QED) is 0.318. The lowest BCUT2D eigenvalue weighted by molar-refractivity contribution is 0.0966. The van der Waals surface area contributed by atoms with Crippen molar-refractivity contribution in [3.8, 4) is 0 Å². The van der Waals surface area contributed by atoms with Gasteiger partial charge in [-0.05, 0) is 76.4 Å². The Morgan fingerprint density at radius 3 is 2.27 bits per heavy atom. The summed E-state index contributed by atoms with van der Waals surface area (Å²) in [4.78, 5) is 22.2. The number of para-hydroxylation sites is 1. The van der Waals surface area contributed by atoms with Gasteiger partial charge in [0, 0.05) is 28.3 Å². The molecule has 1 saturated carbocycles. The summed E-state index contributed by atoms with van der Waals surface area (Å²) in [6, 6.07) is 15.5. The minimum atomic E-state index is -0.123. The van der Waals surface area contributed by atoms with E-state index < -0.39 is 0 Å². The second kappa shape index (κ2) is 10.7. The maximum atomic E-state index is 12.7. The predicted molar refractivity (Wildman–Crippen MR) is 138 cm³/mol. The lowest BCUT2D eigenvalue weighted by Gasteiger charge is -2.13. The number of carbonyl (C=O) groups excluding carboxylic acids is 1. The van der Waals surface area contributed by atoms with E-state index in [0.29, 0.717) is 17.4 Å². The topological polar surface area (TPSA) is 66.9 Å². The molecule has 5 nitrogen and oxygen atoms in total. The van der Waals surface area contributed by atoms with Crippen molar-refractivity contribution in [2.45, 2.75) is 46.5 Å². The van der Waals surface area contributed by atoms with E-state index in [-0.39, 0.29) is 5.91 Å². The highest BCUT2D eigenvalue weighted by Crippen LogP contribution is 2.42. The van der Waals surface area contributed by atoms with E-state index in [1.54, 1.807) is 0 Å². The maximum Gasteiger partial charge on any atom is 0.255 e. The van der Waals surface area contributed by atoms with Gasteiger partial charge in [0.2, 0.25) is 5.95 Å². The van der Waals surface area contributed by atoms with Gasteiger partial charge < -0.3 is 10.6 Å². The summed E-state index contributed by atoms with van der Waals surface area (Å²) in [5.41, 5.74) is 6.51. The van der Waals surface area contributed by atoms with Crippen LogP contribution in [0.4, 0.5) is 11.6 Å². The van der Waals surface area contributed by atoms with Crippen LogP contribution < -0.4 is 10.6 Å². The van der Waals surface area contributed by atoms with Crippen LogP contribution in [0.15, 0.2) is 84.6 Å². The zero-order valence-electron chi connectivity index (χ0n) is 19.9. The molecule has 1 aliphatic rings. The number of hydrogen-bond donors (Lipinski definition) is 2. The number of amides is 1. The molecule has 33 heavy (non-hydrogen) atoms. The molecule has 1 aliphatic carbocycles. The van der Waals surface area contributed by atoms with Crippen molar-refractivity contribution < 1.29 is 4.79 Å². The van der Waals surface area contributed by atoms with Gasteiger partial charge in [-0.1, -0.05) is 29.8 Å². The minimum Gasteiger partial charge on any atom is -0.324 e. The van der Waals surface area contributed by atoms with E-state index in [0.717, 1.165) is 39.1 Å². The Balaban J connectivity index is 0.00000149. The van der Waals surface area contributed by atoms with Crippen LogP contribution in [0.2, 0.25) is 0 Å². The maximum absolute atomic E-state index is 12.7. The van der Waals surface area contributed by atoms with E-state index >= 15 is 0 Å². The van der Waals surface area contributed by atoms with Gasteiger partial charge in [-0.25, -0.2) is 9.97 Å². The van der Waals surface area contributed by atoms with Crippen LogP contribution in [0.3, 0.4) is 0 Å². The molecular formula is C28H32N4O. The Labute approximate surface area is 196 Å². The number of rotatable bonds is 6. The zero-order valence-corrected chi connectivity index (χ0v) is 19.9. The number of benzene rings is 2. The smallest absolute Gasteiger partial charge is 0.255 e. The monoisotopic (exact) mass is 440 g/mol. The summed E-state index contributed by atoms with van der Waals surface area (Å²) < 4.78 is 0. The highest BCUT2D eigenvalue weighted by Gasteiger charge is 2.27. The van der Waals surface area contributed by atoms with Crippen LogP contribution >= 0.6 is 0 Å². The van der Waals surface area contributed by atoms with Crippen LogP contribution in [0, 0.1) is 0 Å². The summed E-state index contributed by atoms with van der Waals surface area (Å²) in [7, 11) is 0. The summed E-state index contributed by atoms with van der Waals surface area (Å²) in [5, 5.41) is 7.46. The molecule has 1 heterocycles. The van der Waals surface area contributed by atoms with Crippen molar-refractivity contribution in [3.63, 3.8) is 0 Å². The fourth-order valence-corrected chi connectivity index (χ4v) is 3.61. The molecule has 5 heteroatoms. The van der Waals surface area contributed by atoms with Gasteiger partial charge in [0.1, 0.15) is 0 Å². The van der Waals surface area contributed by atoms with E-state index in [1.807, 2.05) is 76.2 Å². The third-order valence-electron chi connectivity index (χ3n) is 5.57. The molecule has 1 fully saturated rings. The SMILES string of the molecule is C/C=C(/C)C(NC(=O)c1ccc(Nc2nc(C3CC3)c3ccccc3n2)cc1)=C(C)C.C=C. The fraction of sp³-hybridized carbons (Fsp3) is 0.250. The van der Waals surface area contributed by atoms with Crippen LogP contribution in [-0.4, -0.2) is 15.9 Å². The second-order valence-corrected chi connectivity index (χ2v) is 8.23.